The zero-order valence-corrected chi connectivity index (χ0v) is 11.2. The van der Waals surface area contributed by atoms with Crippen molar-refractivity contribution in [3.8, 4) is 5.75 Å². The van der Waals surface area contributed by atoms with Gasteiger partial charge in [-0.3, -0.25) is 0 Å². The van der Waals surface area contributed by atoms with Crippen LogP contribution >= 0.6 is 11.8 Å². The molecule has 1 aromatic heterocycles. The van der Waals surface area contributed by atoms with Gasteiger partial charge in [-0.2, -0.15) is 0 Å². The first-order valence-electron chi connectivity index (χ1n) is 6.00. The van der Waals surface area contributed by atoms with E-state index in [2.05, 4.69) is 29.0 Å². The number of aromatic nitrogens is 2. The van der Waals surface area contributed by atoms with E-state index >= 15 is 0 Å². The molecule has 0 saturated heterocycles. The molecule has 2 rings (SSSR count). The van der Waals surface area contributed by atoms with Crippen LogP contribution in [0.5, 0.6) is 5.75 Å². The van der Waals surface area contributed by atoms with Gasteiger partial charge in [-0.05, 0) is 30.2 Å². The molecule has 0 aliphatic carbocycles. The Bertz CT molecular complexity index is 476. The highest BCUT2D eigenvalue weighted by molar-refractivity contribution is 7.99. The summed E-state index contributed by atoms with van der Waals surface area (Å²) < 4.78 is 5.69. The summed E-state index contributed by atoms with van der Waals surface area (Å²) in [4.78, 5) is 8.29. The van der Waals surface area contributed by atoms with Crippen molar-refractivity contribution >= 4 is 11.8 Å². The van der Waals surface area contributed by atoms with Crippen LogP contribution < -0.4 is 4.74 Å². The van der Waals surface area contributed by atoms with Gasteiger partial charge in [-0.15, -0.1) is 0 Å². The van der Waals surface area contributed by atoms with E-state index in [1.54, 1.807) is 24.2 Å². The second kappa shape index (κ2) is 7.01. The summed E-state index contributed by atoms with van der Waals surface area (Å²) >= 11 is 1.60. The zero-order chi connectivity index (χ0) is 12.6. The quantitative estimate of drug-likeness (QED) is 0.454. The lowest BCUT2D eigenvalue weighted by Gasteiger charge is -2.06. The van der Waals surface area contributed by atoms with Gasteiger partial charge in [0.2, 0.25) is 0 Å². The summed E-state index contributed by atoms with van der Waals surface area (Å²) in [5.41, 5.74) is 1.30. The molecule has 0 fully saturated rings. The predicted molar refractivity (Wildman–Crippen MR) is 74.1 cm³/mol. The molecule has 0 unspecified atom stereocenters. The van der Waals surface area contributed by atoms with Gasteiger partial charge in [-0.1, -0.05) is 30.8 Å². The van der Waals surface area contributed by atoms with E-state index in [-0.39, 0.29) is 0 Å². The van der Waals surface area contributed by atoms with Crippen LogP contribution in [-0.4, -0.2) is 22.3 Å². The maximum atomic E-state index is 5.69. The first-order valence-corrected chi connectivity index (χ1v) is 6.98. The lowest BCUT2D eigenvalue weighted by atomic mass is 10.2. The molecular weight excluding hydrogens is 244 g/mol. The summed E-state index contributed by atoms with van der Waals surface area (Å²) in [6.07, 6.45) is 4.53. The number of nitrogens with zero attached hydrogens (tertiary/aromatic N) is 2. The molecule has 0 amide bonds. The largest absolute Gasteiger partial charge is 0.493 e. The Kier molecular flexibility index (Phi) is 5.02. The van der Waals surface area contributed by atoms with Crippen molar-refractivity contribution in [2.75, 3.05) is 12.4 Å². The highest BCUT2D eigenvalue weighted by Crippen LogP contribution is 2.15. The number of benzene rings is 1. The number of hydrogen-bond donors (Lipinski definition) is 0. The Morgan fingerprint density at radius 1 is 1.17 bits per heavy atom. The second-order valence-corrected chi connectivity index (χ2v) is 4.79. The van der Waals surface area contributed by atoms with Crippen molar-refractivity contribution in [1.82, 2.24) is 9.97 Å². The Morgan fingerprint density at radius 3 is 2.78 bits per heavy atom. The Morgan fingerprint density at radius 2 is 2.00 bits per heavy atom. The van der Waals surface area contributed by atoms with Gasteiger partial charge in [0.25, 0.3) is 0 Å². The molecule has 0 radical (unpaired) electrons. The summed E-state index contributed by atoms with van der Waals surface area (Å²) in [6, 6.07) is 10.0. The van der Waals surface area contributed by atoms with Gasteiger partial charge in [0.15, 0.2) is 5.16 Å². The summed E-state index contributed by atoms with van der Waals surface area (Å²) in [5, 5.41) is 0.795. The maximum absolute atomic E-state index is 5.69. The van der Waals surface area contributed by atoms with Crippen molar-refractivity contribution in [3.05, 3.63) is 48.3 Å². The van der Waals surface area contributed by atoms with Gasteiger partial charge in [-0.25, -0.2) is 9.97 Å². The topological polar surface area (TPSA) is 35.0 Å². The molecule has 18 heavy (non-hydrogen) atoms. The van der Waals surface area contributed by atoms with Crippen molar-refractivity contribution < 1.29 is 4.74 Å². The van der Waals surface area contributed by atoms with Crippen molar-refractivity contribution in [1.29, 1.82) is 0 Å². The van der Waals surface area contributed by atoms with Crippen LogP contribution in [0.25, 0.3) is 0 Å². The van der Waals surface area contributed by atoms with E-state index in [1.165, 1.54) is 5.56 Å². The molecule has 2 aromatic rings. The van der Waals surface area contributed by atoms with Crippen LogP contribution in [0.4, 0.5) is 0 Å². The molecule has 94 valence electrons. The van der Waals surface area contributed by atoms with Gasteiger partial charge in [0.05, 0.1) is 6.61 Å². The van der Waals surface area contributed by atoms with E-state index in [1.807, 2.05) is 18.2 Å². The first-order chi connectivity index (χ1) is 8.88. The average molecular weight is 260 g/mol. The molecule has 1 heterocycles. The lowest BCUT2D eigenvalue weighted by molar-refractivity contribution is 0.343. The second-order valence-electron chi connectivity index (χ2n) is 3.73. The molecule has 0 saturated carbocycles. The fraction of sp³-hybridized carbons (Fsp3) is 0.286. The highest BCUT2D eigenvalue weighted by Gasteiger charge is 1.98. The van der Waals surface area contributed by atoms with E-state index in [0.29, 0.717) is 6.61 Å². The summed E-state index contributed by atoms with van der Waals surface area (Å²) in [7, 11) is 0. The van der Waals surface area contributed by atoms with Gasteiger partial charge < -0.3 is 4.74 Å². The van der Waals surface area contributed by atoms with Crippen LogP contribution in [0.2, 0.25) is 0 Å². The third-order valence-electron chi connectivity index (χ3n) is 2.43. The van der Waals surface area contributed by atoms with Gasteiger partial charge >= 0.3 is 0 Å². The minimum Gasteiger partial charge on any atom is -0.493 e. The number of ether oxygens (including phenoxy) is 1. The van der Waals surface area contributed by atoms with Crippen molar-refractivity contribution in [2.24, 2.45) is 0 Å². The fourth-order valence-electron chi connectivity index (χ4n) is 1.51. The number of hydrogen-bond acceptors (Lipinski definition) is 4. The fourth-order valence-corrected chi connectivity index (χ4v) is 2.13. The predicted octanol–water partition coefficient (Wildman–Crippen LogP) is 3.21. The minimum absolute atomic E-state index is 0.663. The molecule has 1 aromatic carbocycles. The third-order valence-corrected chi connectivity index (χ3v) is 3.27. The molecule has 0 aliphatic heterocycles. The number of rotatable bonds is 6. The lowest BCUT2D eigenvalue weighted by Crippen LogP contribution is -2.01. The number of thioether (sulfide) groups is 1. The molecule has 0 bridgehead atoms. The third kappa shape index (κ3) is 4.04. The van der Waals surface area contributed by atoms with Crippen LogP contribution in [-0.2, 0) is 6.42 Å². The monoisotopic (exact) mass is 260 g/mol. The number of aryl methyl sites for hydroxylation is 1. The van der Waals surface area contributed by atoms with Crippen LogP contribution in [0.15, 0.2) is 47.9 Å². The van der Waals surface area contributed by atoms with Gasteiger partial charge in [0, 0.05) is 18.1 Å². The molecule has 0 aliphatic rings. The zero-order valence-electron chi connectivity index (χ0n) is 10.4. The molecule has 3 nitrogen and oxygen atoms in total. The van der Waals surface area contributed by atoms with Crippen molar-refractivity contribution in [2.45, 2.75) is 18.5 Å². The van der Waals surface area contributed by atoms with Gasteiger partial charge in [0.1, 0.15) is 5.75 Å². The van der Waals surface area contributed by atoms with E-state index < -0.39 is 0 Å². The minimum atomic E-state index is 0.663. The normalized spacial score (nSPS) is 10.3. The smallest absolute Gasteiger partial charge is 0.187 e. The highest BCUT2D eigenvalue weighted by atomic mass is 32.2. The van der Waals surface area contributed by atoms with E-state index in [9.17, 15) is 0 Å². The standard InChI is InChI=1S/C14H16N2OS/c1-2-12-5-3-6-13(11-12)17-9-10-18-14-15-7-4-8-16-14/h3-8,11H,2,9-10H2,1H3. The summed E-state index contributed by atoms with van der Waals surface area (Å²) in [6.45, 7) is 2.80. The Balaban J connectivity index is 1.75. The van der Waals surface area contributed by atoms with Crippen LogP contribution in [0, 0.1) is 0 Å². The van der Waals surface area contributed by atoms with Crippen LogP contribution in [0.1, 0.15) is 12.5 Å². The molecule has 0 spiro atoms. The molecular formula is C14H16N2OS. The molecule has 0 N–H and O–H groups in total. The average Bonchev–Trinajstić information content (AvgIpc) is 2.45. The van der Waals surface area contributed by atoms with E-state index in [0.717, 1.165) is 23.1 Å². The molecule has 4 heteroatoms. The first kappa shape index (κ1) is 12.9. The van der Waals surface area contributed by atoms with Crippen molar-refractivity contribution in [3.63, 3.8) is 0 Å². The van der Waals surface area contributed by atoms with Crippen LogP contribution in [0.3, 0.4) is 0 Å². The maximum Gasteiger partial charge on any atom is 0.187 e. The summed E-state index contributed by atoms with van der Waals surface area (Å²) in [5.74, 6) is 1.78. The SMILES string of the molecule is CCc1cccc(OCCSc2ncccn2)c1. The van der Waals surface area contributed by atoms with E-state index in [4.69, 9.17) is 4.74 Å². The molecule has 0 atom stereocenters. The Labute approximate surface area is 112 Å². The Hall–Kier alpha value is -1.55.